The zero-order valence-corrected chi connectivity index (χ0v) is 14.8. The smallest absolute Gasteiger partial charge is 0.00218 e. The Labute approximate surface area is 129 Å². The summed E-state index contributed by atoms with van der Waals surface area (Å²) in [5.74, 6) is 0. The van der Waals surface area contributed by atoms with Crippen LogP contribution in [0.3, 0.4) is 0 Å². The molecule has 0 rings (SSSR count). The van der Waals surface area contributed by atoms with Crippen LogP contribution in [0, 0.1) is 0 Å². The van der Waals surface area contributed by atoms with Gasteiger partial charge in [0.25, 0.3) is 0 Å². The molecule has 0 fully saturated rings. The Balaban J connectivity index is 3.07. The predicted molar refractivity (Wildman–Crippen MR) is 93.5 cm³/mol. The Morgan fingerprint density at radius 2 is 0.750 bits per heavy atom. The third kappa shape index (κ3) is 16.0. The minimum atomic E-state index is 1.30. The molecule has 0 saturated heterocycles. The molecule has 0 N–H and O–H groups in total. The molecule has 0 amide bonds. The molecule has 0 heterocycles. The van der Waals surface area contributed by atoms with Crippen LogP contribution in [0.4, 0.5) is 0 Å². The molecule has 0 atom stereocenters. The largest absolute Gasteiger partial charge is 0.306 e. The van der Waals surface area contributed by atoms with E-state index in [1.54, 1.807) is 0 Å². The first-order chi connectivity index (χ1) is 9.81. The third-order valence-electron chi connectivity index (χ3n) is 4.29. The Morgan fingerprint density at radius 3 is 1.15 bits per heavy atom. The average molecular weight is 284 g/mol. The van der Waals surface area contributed by atoms with Crippen molar-refractivity contribution >= 4 is 0 Å². The van der Waals surface area contributed by atoms with Gasteiger partial charge >= 0.3 is 0 Å². The first-order valence-corrected chi connectivity index (χ1v) is 9.49. The highest BCUT2D eigenvalue weighted by Crippen LogP contribution is 2.10. The van der Waals surface area contributed by atoms with Crippen molar-refractivity contribution in [1.82, 2.24) is 4.90 Å². The van der Waals surface area contributed by atoms with Crippen LogP contribution in [0.2, 0.25) is 0 Å². The van der Waals surface area contributed by atoms with Crippen molar-refractivity contribution in [2.45, 2.75) is 104 Å². The van der Waals surface area contributed by atoms with Crippen molar-refractivity contribution < 1.29 is 0 Å². The van der Waals surface area contributed by atoms with Crippen molar-refractivity contribution in [3.05, 3.63) is 0 Å². The van der Waals surface area contributed by atoms with Gasteiger partial charge < -0.3 is 4.90 Å². The summed E-state index contributed by atoms with van der Waals surface area (Å²) >= 11 is 0. The summed E-state index contributed by atoms with van der Waals surface area (Å²) in [4.78, 5) is 2.53. The Hall–Kier alpha value is -0.0400. The molecule has 0 aliphatic rings. The van der Waals surface area contributed by atoms with Crippen molar-refractivity contribution in [1.29, 1.82) is 0 Å². The average Bonchev–Trinajstić information content (AvgIpc) is 2.45. The van der Waals surface area contributed by atoms with Gasteiger partial charge in [0.2, 0.25) is 0 Å². The summed E-state index contributed by atoms with van der Waals surface area (Å²) < 4.78 is 0. The van der Waals surface area contributed by atoms with Crippen LogP contribution >= 0.6 is 0 Å². The van der Waals surface area contributed by atoms with E-state index in [4.69, 9.17) is 0 Å². The van der Waals surface area contributed by atoms with Gasteiger partial charge in [-0.1, -0.05) is 90.9 Å². The summed E-state index contributed by atoms with van der Waals surface area (Å²) in [6, 6.07) is 0. The molecule has 0 saturated carbocycles. The maximum atomic E-state index is 2.53. The minimum Gasteiger partial charge on any atom is -0.306 e. The summed E-state index contributed by atoms with van der Waals surface area (Å²) in [7, 11) is 2.29. The van der Waals surface area contributed by atoms with Crippen LogP contribution in [0.15, 0.2) is 0 Å². The highest BCUT2D eigenvalue weighted by atomic mass is 15.1. The molecule has 0 aromatic rings. The van der Waals surface area contributed by atoms with E-state index in [1.165, 1.54) is 103 Å². The molecule has 0 radical (unpaired) electrons. The van der Waals surface area contributed by atoms with E-state index in [0.717, 1.165) is 0 Å². The van der Waals surface area contributed by atoms with Gasteiger partial charge in [-0.15, -0.1) is 0 Å². The third-order valence-corrected chi connectivity index (χ3v) is 4.29. The number of unbranched alkanes of at least 4 members (excludes halogenated alkanes) is 12. The molecule has 0 aliphatic carbocycles. The second-order valence-electron chi connectivity index (χ2n) is 6.55. The second-order valence-corrected chi connectivity index (χ2v) is 6.55. The number of rotatable bonds is 16. The van der Waals surface area contributed by atoms with Gasteiger partial charge in [-0.05, 0) is 33.0 Å². The van der Waals surface area contributed by atoms with E-state index in [-0.39, 0.29) is 0 Å². The van der Waals surface area contributed by atoms with E-state index in [2.05, 4.69) is 25.8 Å². The van der Waals surface area contributed by atoms with Gasteiger partial charge in [0.15, 0.2) is 0 Å². The molecule has 0 unspecified atom stereocenters. The fourth-order valence-corrected chi connectivity index (χ4v) is 2.79. The van der Waals surface area contributed by atoms with Crippen molar-refractivity contribution in [3.63, 3.8) is 0 Å². The predicted octanol–water partition coefficient (Wildman–Crippen LogP) is 6.42. The molecule has 0 spiro atoms. The van der Waals surface area contributed by atoms with E-state index in [9.17, 15) is 0 Å². The summed E-state index contributed by atoms with van der Waals surface area (Å²) in [6.45, 7) is 7.19. The van der Waals surface area contributed by atoms with Crippen molar-refractivity contribution in [2.75, 3.05) is 20.1 Å². The molecule has 0 bridgehead atoms. The standard InChI is InChI=1S/C19H41N/c1-4-6-8-10-11-12-13-14-15-17-19-20(3)18-16-9-7-5-2/h4-19H2,1-3H3. The maximum Gasteiger partial charge on any atom is -0.00218 e. The first-order valence-electron chi connectivity index (χ1n) is 9.49. The van der Waals surface area contributed by atoms with Gasteiger partial charge in [0, 0.05) is 0 Å². The van der Waals surface area contributed by atoms with Crippen molar-refractivity contribution in [3.8, 4) is 0 Å². The van der Waals surface area contributed by atoms with Crippen LogP contribution in [0.5, 0.6) is 0 Å². The Morgan fingerprint density at radius 1 is 0.450 bits per heavy atom. The Kier molecular flexibility index (Phi) is 17.0. The van der Waals surface area contributed by atoms with Gasteiger partial charge in [-0.2, -0.15) is 0 Å². The molecule has 0 aliphatic heterocycles. The van der Waals surface area contributed by atoms with Crippen LogP contribution in [-0.4, -0.2) is 25.0 Å². The maximum absolute atomic E-state index is 2.53. The van der Waals surface area contributed by atoms with Crippen molar-refractivity contribution in [2.24, 2.45) is 0 Å². The first kappa shape index (κ1) is 20.0. The number of hydrogen-bond acceptors (Lipinski definition) is 1. The number of hydrogen-bond donors (Lipinski definition) is 0. The lowest BCUT2D eigenvalue weighted by molar-refractivity contribution is 0.314. The number of nitrogens with zero attached hydrogens (tertiary/aromatic N) is 1. The van der Waals surface area contributed by atoms with E-state index in [0.29, 0.717) is 0 Å². The lowest BCUT2D eigenvalue weighted by Crippen LogP contribution is -2.20. The topological polar surface area (TPSA) is 3.24 Å². The minimum absolute atomic E-state index is 1.30. The van der Waals surface area contributed by atoms with Gasteiger partial charge in [0.05, 0.1) is 0 Å². The van der Waals surface area contributed by atoms with Gasteiger partial charge in [-0.25, -0.2) is 0 Å². The molecule has 1 heteroatoms. The second kappa shape index (κ2) is 17.0. The highest BCUT2D eigenvalue weighted by Gasteiger charge is 1.98. The molecule has 0 aromatic heterocycles. The quantitative estimate of drug-likeness (QED) is 0.295. The van der Waals surface area contributed by atoms with Gasteiger partial charge in [-0.3, -0.25) is 0 Å². The Bertz CT molecular complexity index is 167. The van der Waals surface area contributed by atoms with E-state index >= 15 is 0 Å². The molecule has 20 heavy (non-hydrogen) atoms. The SMILES string of the molecule is CCCCCCCCCCCCN(C)CCCCCC. The fourth-order valence-electron chi connectivity index (χ4n) is 2.79. The van der Waals surface area contributed by atoms with Crippen LogP contribution in [0.25, 0.3) is 0 Å². The summed E-state index contributed by atoms with van der Waals surface area (Å²) in [5.41, 5.74) is 0. The lowest BCUT2D eigenvalue weighted by atomic mass is 10.1. The molecule has 1 nitrogen and oxygen atoms in total. The molecule has 122 valence electrons. The summed E-state index contributed by atoms with van der Waals surface area (Å²) in [5, 5.41) is 0. The van der Waals surface area contributed by atoms with E-state index < -0.39 is 0 Å². The van der Waals surface area contributed by atoms with Crippen LogP contribution in [0.1, 0.15) is 104 Å². The van der Waals surface area contributed by atoms with Crippen LogP contribution < -0.4 is 0 Å². The normalized spacial score (nSPS) is 11.4. The highest BCUT2D eigenvalue weighted by molar-refractivity contribution is 4.54. The zero-order chi connectivity index (χ0) is 14.9. The van der Waals surface area contributed by atoms with Crippen LogP contribution in [-0.2, 0) is 0 Å². The fraction of sp³-hybridized carbons (Fsp3) is 1.00. The molecular formula is C19H41N. The lowest BCUT2D eigenvalue weighted by Gasteiger charge is -2.16. The van der Waals surface area contributed by atoms with E-state index in [1.807, 2.05) is 0 Å². The van der Waals surface area contributed by atoms with Gasteiger partial charge in [0.1, 0.15) is 0 Å². The molecule has 0 aromatic carbocycles. The zero-order valence-electron chi connectivity index (χ0n) is 14.8. The molecular weight excluding hydrogens is 242 g/mol. The summed E-state index contributed by atoms with van der Waals surface area (Å²) in [6.07, 6.45) is 20.0. The monoisotopic (exact) mass is 283 g/mol.